The van der Waals surface area contributed by atoms with Crippen LogP contribution in [0.1, 0.15) is 29.2 Å². The highest BCUT2D eigenvalue weighted by atomic mass is 19.1. The standard InChI is InChI=1S/C40H37F2N17O2/c1-16-46-9-20(10-47-16)60-39-55-34-30-28-23(14-51-38(43)54-35(30)56-39)25(42)6-27(33(28)53-34)50-7-18-4-19-8-45-13-22-24(41)5-26(44-3)32-29(22)31-36(52-32)57-40(58-37(31)59(19)15-18)61-21-11-48-17(2)49-12-21/h5-6,9-12,18-19,44-45,50H,4,7-8,13-15H2,1-3H3,(H,52,57,58)(H4,43,51,53,54,55,56)/t18?,19-/m0/s1. The van der Waals surface area contributed by atoms with Crippen LogP contribution in [0.15, 0.2) is 41.9 Å². The fraction of sp³-hybridized carbons (Fsp3) is 0.275. The van der Waals surface area contributed by atoms with Gasteiger partial charge in [-0.3, -0.25) is 0 Å². The third-order valence-electron chi connectivity index (χ3n) is 11.4. The van der Waals surface area contributed by atoms with Crippen molar-refractivity contribution in [2.45, 2.75) is 39.4 Å². The van der Waals surface area contributed by atoms with Gasteiger partial charge >= 0.3 is 12.0 Å². The first kappa shape index (κ1) is 36.5. The number of halogens is 2. The van der Waals surface area contributed by atoms with Crippen molar-refractivity contribution in [3.8, 4) is 23.5 Å². The number of nitrogens with zero attached hydrogens (tertiary/aromatic N) is 10. The van der Waals surface area contributed by atoms with Crippen molar-refractivity contribution in [3.63, 3.8) is 0 Å². The summed E-state index contributed by atoms with van der Waals surface area (Å²) in [5.74, 6) is 2.17. The maximum absolute atomic E-state index is 16.2. The number of nitrogens with one attached hydrogen (secondary N) is 6. The molecule has 308 valence electrons. The number of hydrogen-bond acceptors (Lipinski definition) is 17. The molecule has 0 radical (unpaired) electrons. The van der Waals surface area contributed by atoms with E-state index in [4.69, 9.17) is 25.2 Å². The van der Waals surface area contributed by atoms with E-state index in [2.05, 4.69) is 71.0 Å². The van der Waals surface area contributed by atoms with Gasteiger partial charge in [0.1, 0.15) is 46.2 Å². The number of aromatic nitrogens is 10. The largest absolute Gasteiger partial charge is 0.421 e. The molecule has 8 N–H and O–H groups in total. The van der Waals surface area contributed by atoms with E-state index in [9.17, 15) is 0 Å². The second kappa shape index (κ2) is 14.0. The Labute approximate surface area is 344 Å². The predicted octanol–water partition coefficient (Wildman–Crippen LogP) is 5.29. The summed E-state index contributed by atoms with van der Waals surface area (Å²) in [7, 11) is 1.75. The van der Waals surface area contributed by atoms with Crippen LogP contribution in [0.3, 0.4) is 0 Å². The van der Waals surface area contributed by atoms with Gasteiger partial charge in [0, 0.05) is 61.2 Å². The highest BCUT2D eigenvalue weighted by molar-refractivity contribution is 6.18. The Hall–Kier alpha value is -7.55. The highest BCUT2D eigenvalue weighted by Gasteiger charge is 2.37. The molecule has 61 heavy (non-hydrogen) atoms. The summed E-state index contributed by atoms with van der Waals surface area (Å²) in [6.45, 7) is 5.47. The molecule has 3 aliphatic heterocycles. The molecule has 0 amide bonds. The van der Waals surface area contributed by atoms with Gasteiger partial charge in [0.2, 0.25) is 0 Å². The minimum absolute atomic E-state index is 0.00426. The van der Waals surface area contributed by atoms with Gasteiger partial charge in [0.15, 0.2) is 17.5 Å². The summed E-state index contributed by atoms with van der Waals surface area (Å²) < 4.78 is 44.1. The Morgan fingerprint density at radius 3 is 2.13 bits per heavy atom. The maximum Gasteiger partial charge on any atom is 0.326 e. The summed E-state index contributed by atoms with van der Waals surface area (Å²) in [5.41, 5.74) is 10.4. The average molecular weight is 826 g/mol. The molecule has 0 bridgehead atoms. The lowest BCUT2D eigenvalue weighted by atomic mass is 10.0. The Bertz CT molecular complexity index is 3100. The molecule has 0 aliphatic carbocycles. The maximum atomic E-state index is 16.2. The molecular formula is C40H37F2N17O2. The van der Waals surface area contributed by atoms with Crippen molar-refractivity contribution < 1.29 is 18.3 Å². The second-order valence-electron chi connectivity index (χ2n) is 15.3. The van der Waals surface area contributed by atoms with E-state index in [1.54, 1.807) is 33.3 Å². The van der Waals surface area contributed by atoms with E-state index in [-0.39, 0.29) is 42.3 Å². The zero-order valence-corrected chi connectivity index (χ0v) is 33.0. The summed E-state index contributed by atoms with van der Waals surface area (Å²) in [6.07, 6.45) is 6.93. The van der Waals surface area contributed by atoms with Crippen LogP contribution in [0.4, 0.5) is 31.8 Å². The van der Waals surface area contributed by atoms with Crippen molar-refractivity contribution in [1.29, 1.82) is 0 Å². The molecule has 1 fully saturated rings. The lowest BCUT2D eigenvalue weighted by molar-refractivity contribution is 0.438. The lowest BCUT2D eigenvalue weighted by Gasteiger charge is -2.26. The molecule has 19 nitrogen and oxygen atoms in total. The molecule has 11 rings (SSSR count). The third-order valence-corrected chi connectivity index (χ3v) is 11.4. The molecule has 2 atom stereocenters. The number of aromatic amines is 2. The van der Waals surface area contributed by atoms with E-state index in [1.165, 1.54) is 24.5 Å². The molecule has 1 saturated heterocycles. The number of guanidine groups is 1. The summed E-state index contributed by atoms with van der Waals surface area (Å²) in [5, 5.41) is 15.8. The number of rotatable bonds is 8. The van der Waals surface area contributed by atoms with Gasteiger partial charge in [0.05, 0.1) is 64.5 Å². The van der Waals surface area contributed by atoms with E-state index in [0.717, 1.165) is 6.42 Å². The minimum Gasteiger partial charge on any atom is -0.421 e. The average Bonchev–Trinajstić information content (AvgIpc) is 3.95. The molecule has 8 aromatic rings. The van der Waals surface area contributed by atoms with Crippen LogP contribution in [0.5, 0.6) is 23.5 Å². The molecule has 0 saturated carbocycles. The fourth-order valence-corrected chi connectivity index (χ4v) is 8.64. The third kappa shape index (κ3) is 6.22. The number of fused-ring (bicyclic) bond motifs is 2. The Kier molecular flexibility index (Phi) is 8.41. The number of anilines is 4. The minimum atomic E-state index is -0.451. The smallest absolute Gasteiger partial charge is 0.326 e. The number of benzene rings is 2. The number of H-pyrrole nitrogens is 2. The Morgan fingerprint density at radius 2 is 1.43 bits per heavy atom. The van der Waals surface area contributed by atoms with Crippen LogP contribution >= 0.6 is 0 Å². The molecule has 9 heterocycles. The van der Waals surface area contributed by atoms with Crippen LogP contribution < -0.4 is 41.4 Å². The number of aliphatic imine (C=N–C) groups is 1. The molecule has 3 aliphatic rings. The van der Waals surface area contributed by atoms with E-state index in [0.29, 0.717) is 127 Å². The number of nitrogens with two attached hydrogens (primary N) is 1. The van der Waals surface area contributed by atoms with Crippen molar-refractivity contribution in [2.75, 3.05) is 47.5 Å². The van der Waals surface area contributed by atoms with Crippen molar-refractivity contribution in [2.24, 2.45) is 16.6 Å². The molecule has 6 aromatic heterocycles. The van der Waals surface area contributed by atoms with E-state index < -0.39 is 5.82 Å². The first-order valence-corrected chi connectivity index (χ1v) is 19.7. The van der Waals surface area contributed by atoms with Crippen LogP contribution in [-0.2, 0) is 13.1 Å². The van der Waals surface area contributed by atoms with Gasteiger partial charge in [0.25, 0.3) is 0 Å². The summed E-state index contributed by atoms with van der Waals surface area (Å²) in [4.78, 5) is 49.3. The van der Waals surface area contributed by atoms with Gasteiger partial charge in [-0.25, -0.2) is 33.7 Å². The summed E-state index contributed by atoms with van der Waals surface area (Å²) in [6, 6.07) is 3.02. The van der Waals surface area contributed by atoms with Crippen molar-refractivity contribution in [1.82, 2.24) is 55.2 Å². The molecule has 21 heteroatoms. The number of ether oxygens (including phenoxy) is 2. The van der Waals surface area contributed by atoms with Crippen LogP contribution in [0.25, 0.3) is 43.9 Å². The normalized spacial score (nSPS) is 17.2. The van der Waals surface area contributed by atoms with Crippen molar-refractivity contribution in [3.05, 3.63) is 71.3 Å². The number of hydrogen-bond donors (Lipinski definition) is 7. The van der Waals surface area contributed by atoms with Gasteiger partial charge in [-0.2, -0.15) is 19.9 Å². The SMILES string of the molecule is CNc1cc(F)c2c3c1[nH]c1nc(Oc4cnc(C)nc4)nc(c13)N1CC(CNc3cc(F)c4c5c3[nH]c3nc(Oc6cnc(C)nc6)nc(c35)NC(N)=NC4)C[C@H]1CNC2. The van der Waals surface area contributed by atoms with Gasteiger partial charge in [-0.1, -0.05) is 0 Å². The van der Waals surface area contributed by atoms with Crippen LogP contribution in [0.2, 0.25) is 0 Å². The fourth-order valence-electron chi connectivity index (χ4n) is 8.64. The summed E-state index contributed by atoms with van der Waals surface area (Å²) >= 11 is 0. The lowest BCUT2D eigenvalue weighted by Crippen LogP contribution is -2.38. The predicted molar refractivity (Wildman–Crippen MR) is 224 cm³/mol. The molecule has 0 spiro atoms. The van der Waals surface area contributed by atoms with Crippen LogP contribution in [0, 0.1) is 31.4 Å². The van der Waals surface area contributed by atoms with Gasteiger partial charge in [-0.05, 0) is 38.3 Å². The second-order valence-corrected chi connectivity index (χ2v) is 15.3. The van der Waals surface area contributed by atoms with Crippen LogP contribution in [-0.4, -0.2) is 88.5 Å². The zero-order valence-electron chi connectivity index (χ0n) is 33.0. The Morgan fingerprint density at radius 1 is 0.803 bits per heavy atom. The molecule has 1 unspecified atom stereocenters. The highest BCUT2D eigenvalue weighted by Crippen LogP contribution is 2.44. The van der Waals surface area contributed by atoms with Crippen molar-refractivity contribution >= 4 is 72.8 Å². The van der Waals surface area contributed by atoms with E-state index >= 15 is 8.78 Å². The molecular weight excluding hydrogens is 789 g/mol. The zero-order chi connectivity index (χ0) is 41.5. The van der Waals surface area contributed by atoms with E-state index in [1.807, 2.05) is 0 Å². The monoisotopic (exact) mass is 825 g/mol. The quantitative estimate of drug-likeness (QED) is 0.103. The van der Waals surface area contributed by atoms with Gasteiger partial charge < -0.3 is 51.3 Å². The first-order valence-electron chi connectivity index (χ1n) is 19.7. The topological polar surface area (TPSA) is 243 Å². The Balaban J connectivity index is 0.960. The number of aryl methyl sites for hydroxylation is 2. The molecule has 2 aromatic carbocycles. The first-order chi connectivity index (χ1) is 29.7. The van der Waals surface area contributed by atoms with Gasteiger partial charge in [-0.15, -0.1) is 0 Å².